The van der Waals surface area contributed by atoms with Gasteiger partial charge in [-0.1, -0.05) is 37.3 Å². The average Bonchev–Trinajstić information content (AvgIpc) is 3.55. The Morgan fingerprint density at radius 3 is 2.34 bits per heavy atom. The summed E-state index contributed by atoms with van der Waals surface area (Å²) in [6.45, 7) is 16.8. The predicted octanol–water partition coefficient (Wildman–Crippen LogP) is 4.34. The summed E-state index contributed by atoms with van der Waals surface area (Å²) in [6.07, 6.45) is 7.14. The van der Waals surface area contributed by atoms with Crippen LogP contribution in [-0.4, -0.2) is 81.7 Å². The Hall–Kier alpha value is -2.97. The lowest BCUT2D eigenvalue weighted by Crippen LogP contribution is -2.60. The number of carbonyl (C=O) groups excluding carboxylic acids is 3. The first kappa shape index (κ1) is 31.0. The Labute approximate surface area is 245 Å². The highest BCUT2D eigenvalue weighted by Gasteiger charge is 2.79. The summed E-state index contributed by atoms with van der Waals surface area (Å²) in [6, 6.07) is 8.62. The van der Waals surface area contributed by atoms with Crippen LogP contribution in [0.4, 0.5) is 5.69 Å². The number of carbonyl (C=O) groups is 3. The number of hydrogen-bond acceptors (Lipinski definition) is 5. The van der Waals surface area contributed by atoms with Gasteiger partial charge in [-0.05, 0) is 71.4 Å². The molecular weight excluding hydrogens is 518 g/mol. The normalized spacial score (nSPS) is 28.5. The van der Waals surface area contributed by atoms with Crippen LogP contribution in [-0.2, 0) is 19.1 Å². The number of fused-ring (bicyclic) bond motifs is 1. The number of benzene rings is 1. The molecule has 3 aliphatic heterocycles. The van der Waals surface area contributed by atoms with Gasteiger partial charge >= 0.3 is 0 Å². The Kier molecular flexibility index (Phi) is 9.14. The first-order chi connectivity index (χ1) is 19.5. The molecular formula is C33H47N3O5. The third-order valence-electron chi connectivity index (χ3n) is 9.27. The molecule has 2 unspecified atom stereocenters. The fraction of sp³-hybridized carbons (Fsp3) is 0.606. The van der Waals surface area contributed by atoms with E-state index in [1.54, 1.807) is 26.9 Å². The lowest BCUT2D eigenvalue weighted by atomic mass is 9.64. The van der Waals surface area contributed by atoms with Crippen molar-refractivity contribution in [3.8, 4) is 0 Å². The molecule has 3 amide bonds. The summed E-state index contributed by atoms with van der Waals surface area (Å²) in [5, 5.41) is 9.31. The minimum absolute atomic E-state index is 0.0807. The van der Waals surface area contributed by atoms with Crippen LogP contribution in [0.1, 0.15) is 66.2 Å². The van der Waals surface area contributed by atoms with E-state index in [2.05, 4.69) is 13.2 Å². The molecule has 0 radical (unpaired) electrons. The number of aliphatic hydroxyl groups is 1. The Morgan fingerprint density at radius 1 is 1.07 bits per heavy atom. The molecule has 1 aromatic carbocycles. The first-order valence-corrected chi connectivity index (χ1v) is 15.0. The highest BCUT2D eigenvalue weighted by atomic mass is 16.5. The molecule has 8 heteroatoms. The van der Waals surface area contributed by atoms with Gasteiger partial charge in [-0.15, -0.1) is 13.2 Å². The zero-order valence-corrected chi connectivity index (χ0v) is 25.2. The minimum atomic E-state index is -1.08. The zero-order valence-electron chi connectivity index (χ0n) is 25.2. The minimum Gasteiger partial charge on any atom is -0.396 e. The van der Waals surface area contributed by atoms with Crippen molar-refractivity contribution in [2.45, 2.75) is 89.0 Å². The maximum Gasteiger partial charge on any atom is 0.249 e. The van der Waals surface area contributed by atoms with Crippen molar-refractivity contribution in [1.29, 1.82) is 0 Å². The van der Waals surface area contributed by atoms with Crippen LogP contribution in [0.25, 0.3) is 0 Å². The largest absolute Gasteiger partial charge is 0.396 e. The van der Waals surface area contributed by atoms with E-state index >= 15 is 0 Å². The van der Waals surface area contributed by atoms with Gasteiger partial charge in [0.1, 0.15) is 11.6 Å². The highest BCUT2D eigenvalue weighted by molar-refractivity contribution is 6.03. The Bertz CT molecular complexity index is 1150. The number of anilines is 1. The molecule has 41 heavy (non-hydrogen) atoms. The molecule has 1 spiro atoms. The molecule has 1 N–H and O–H groups in total. The van der Waals surface area contributed by atoms with Crippen molar-refractivity contribution in [3.05, 3.63) is 55.6 Å². The van der Waals surface area contributed by atoms with Gasteiger partial charge in [0.05, 0.1) is 17.4 Å². The molecule has 5 atom stereocenters. The second kappa shape index (κ2) is 12.1. The second-order valence-corrected chi connectivity index (χ2v) is 12.6. The number of unbranched alkanes of at least 4 members (excludes halogenated alkanes) is 2. The maximum absolute atomic E-state index is 14.5. The SMILES string of the molecule is C=CCN(C(=O)[C@H]1[C@H]2C(=O)N(CCCCCO)C(C(=O)N(CC=C)C(C)(C)C)C23CC[C@]1(CC)O3)c1ccccc1. The van der Waals surface area contributed by atoms with Gasteiger partial charge in [0.2, 0.25) is 17.7 Å². The third kappa shape index (κ3) is 5.25. The number of para-hydroxylation sites is 1. The Morgan fingerprint density at radius 2 is 1.76 bits per heavy atom. The maximum atomic E-state index is 14.5. The molecule has 8 nitrogen and oxygen atoms in total. The van der Waals surface area contributed by atoms with E-state index in [4.69, 9.17) is 4.74 Å². The number of hydrogen-bond donors (Lipinski definition) is 1. The van der Waals surface area contributed by atoms with Crippen LogP contribution in [0, 0.1) is 11.8 Å². The number of amides is 3. The molecule has 0 aromatic heterocycles. The van der Waals surface area contributed by atoms with Crippen LogP contribution in [0.15, 0.2) is 55.6 Å². The third-order valence-corrected chi connectivity index (χ3v) is 9.27. The number of rotatable bonds is 13. The molecule has 0 saturated carbocycles. The molecule has 224 valence electrons. The first-order valence-electron chi connectivity index (χ1n) is 15.0. The average molecular weight is 566 g/mol. The van der Waals surface area contributed by atoms with E-state index in [1.807, 2.05) is 58.0 Å². The van der Waals surface area contributed by atoms with Gasteiger partial charge in [0, 0.05) is 37.5 Å². The summed E-state index contributed by atoms with van der Waals surface area (Å²) in [7, 11) is 0. The van der Waals surface area contributed by atoms with Crippen molar-refractivity contribution in [2.75, 3.05) is 31.1 Å². The van der Waals surface area contributed by atoms with E-state index in [0.29, 0.717) is 51.7 Å². The highest BCUT2D eigenvalue weighted by Crippen LogP contribution is 2.65. The number of ether oxygens (including phenoxy) is 1. The van der Waals surface area contributed by atoms with E-state index in [0.717, 1.165) is 12.1 Å². The topological polar surface area (TPSA) is 90.4 Å². The summed E-state index contributed by atoms with van der Waals surface area (Å²) in [5.41, 5.74) is -1.67. The van der Waals surface area contributed by atoms with Crippen molar-refractivity contribution in [2.24, 2.45) is 11.8 Å². The number of aliphatic hydroxyl groups excluding tert-OH is 1. The summed E-state index contributed by atoms with van der Waals surface area (Å²) in [5.74, 6) is -1.97. The molecule has 2 bridgehead atoms. The van der Waals surface area contributed by atoms with Crippen molar-refractivity contribution >= 4 is 23.4 Å². The number of likely N-dealkylation sites (tertiary alicyclic amines) is 1. The van der Waals surface area contributed by atoms with Gasteiger partial charge in [-0.25, -0.2) is 0 Å². The lowest BCUT2D eigenvalue weighted by Gasteiger charge is -2.42. The summed E-state index contributed by atoms with van der Waals surface area (Å²) >= 11 is 0. The van der Waals surface area contributed by atoms with Crippen LogP contribution in [0.5, 0.6) is 0 Å². The van der Waals surface area contributed by atoms with Crippen molar-refractivity contribution < 1.29 is 24.2 Å². The number of nitrogens with zero attached hydrogens (tertiary/aromatic N) is 3. The van der Waals surface area contributed by atoms with Crippen molar-refractivity contribution in [3.63, 3.8) is 0 Å². The van der Waals surface area contributed by atoms with Gasteiger partial charge in [-0.2, -0.15) is 0 Å². The van der Waals surface area contributed by atoms with Crippen LogP contribution in [0.3, 0.4) is 0 Å². The summed E-state index contributed by atoms with van der Waals surface area (Å²) < 4.78 is 6.97. The van der Waals surface area contributed by atoms with Gasteiger partial charge in [0.25, 0.3) is 0 Å². The molecule has 1 aromatic rings. The van der Waals surface area contributed by atoms with E-state index in [9.17, 15) is 19.5 Å². The monoisotopic (exact) mass is 565 g/mol. The molecule has 4 rings (SSSR count). The molecule has 3 fully saturated rings. The molecule has 0 aliphatic carbocycles. The van der Waals surface area contributed by atoms with E-state index in [1.165, 1.54) is 0 Å². The molecule has 3 saturated heterocycles. The summed E-state index contributed by atoms with van der Waals surface area (Å²) in [4.78, 5) is 48.7. The van der Waals surface area contributed by atoms with Crippen LogP contribution < -0.4 is 4.90 Å². The predicted molar refractivity (Wildman–Crippen MR) is 160 cm³/mol. The van der Waals surface area contributed by atoms with E-state index in [-0.39, 0.29) is 24.3 Å². The quantitative estimate of drug-likeness (QED) is 0.284. The smallest absolute Gasteiger partial charge is 0.249 e. The molecule has 3 heterocycles. The van der Waals surface area contributed by atoms with E-state index < -0.39 is 34.6 Å². The van der Waals surface area contributed by atoms with Crippen molar-refractivity contribution in [1.82, 2.24) is 9.80 Å². The lowest BCUT2D eigenvalue weighted by molar-refractivity contribution is -0.155. The van der Waals surface area contributed by atoms with Gasteiger partial charge in [0.15, 0.2) is 0 Å². The van der Waals surface area contributed by atoms with Gasteiger partial charge in [-0.3, -0.25) is 14.4 Å². The standard InChI is InChI=1S/C33H47N3O5/c1-7-20-34(24-16-12-10-13-17-24)28(38)25-26-29(39)35(22-14-11-15-23-37)27(30(40)36(21-8-2)31(4,5)6)33(26)19-18-32(25,9-3)41-33/h7-8,10,12-13,16-17,25-27,37H,1-2,9,11,14-15,18-23H2,3-6H3/t25-,26+,27?,32+,33?/m1/s1. The second-order valence-electron chi connectivity index (χ2n) is 12.6. The molecule has 3 aliphatic rings. The van der Waals surface area contributed by atoms with Crippen LogP contribution in [0.2, 0.25) is 0 Å². The zero-order chi connectivity index (χ0) is 30.0. The fourth-order valence-electron chi connectivity index (χ4n) is 7.38. The fourth-order valence-corrected chi connectivity index (χ4v) is 7.38. The Balaban J connectivity index is 1.81. The van der Waals surface area contributed by atoms with Crippen LogP contribution >= 0.6 is 0 Å². The van der Waals surface area contributed by atoms with Gasteiger partial charge < -0.3 is 24.5 Å².